The van der Waals surface area contributed by atoms with Crippen molar-refractivity contribution in [1.82, 2.24) is 10.2 Å². The molecular formula is C12H24N2O3. The molecule has 1 heterocycles. The highest BCUT2D eigenvalue weighted by atomic mass is 16.5. The quantitative estimate of drug-likeness (QED) is 0.703. The van der Waals surface area contributed by atoms with Gasteiger partial charge in [0.2, 0.25) is 0 Å². The van der Waals surface area contributed by atoms with E-state index in [0.29, 0.717) is 19.4 Å². The molecule has 0 spiro atoms. The highest BCUT2D eigenvalue weighted by Gasteiger charge is 2.42. The summed E-state index contributed by atoms with van der Waals surface area (Å²) in [7, 11) is 5.47. The second kappa shape index (κ2) is 6.33. The minimum atomic E-state index is -0.567. The van der Waals surface area contributed by atoms with E-state index in [-0.39, 0.29) is 12.1 Å². The summed E-state index contributed by atoms with van der Waals surface area (Å²) in [5, 5.41) is 3.35. The molecule has 100 valence electrons. The van der Waals surface area contributed by atoms with E-state index in [0.717, 1.165) is 13.1 Å². The summed E-state index contributed by atoms with van der Waals surface area (Å²) in [4.78, 5) is 14.0. The highest BCUT2D eigenvalue weighted by Crippen LogP contribution is 2.26. The summed E-state index contributed by atoms with van der Waals surface area (Å²) in [5.74, 6) is -0.175. The van der Waals surface area contributed by atoms with Crippen LogP contribution in [-0.4, -0.2) is 63.4 Å². The van der Waals surface area contributed by atoms with Gasteiger partial charge < -0.3 is 19.7 Å². The first-order chi connectivity index (χ1) is 8.00. The van der Waals surface area contributed by atoms with Gasteiger partial charge in [-0.3, -0.25) is 4.79 Å². The van der Waals surface area contributed by atoms with Crippen molar-refractivity contribution in [3.05, 3.63) is 0 Å². The van der Waals surface area contributed by atoms with Gasteiger partial charge in [-0.05, 0) is 27.4 Å². The van der Waals surface area contributed by atoms with Gasteiger partial charge in [-0.15, -0.1) is 0 Å². The number of likely N-dealkylation sites (N-methyl/N-ethyl adjacent to an activating group) is 1. The van der Waals surface area contributed by atoms with Crippen molar-refractivity contribution in [3.8, 4) is 0 Å². The Kier molecular flexibility index (Phi) is 5.36. The Morgan fingerprint density at radius 2 is 2.29 bits per heavy atom. The molecule has 17 heavy (non-hydrogen) atoms. The average molecular weight is 244 g/mol. The maximum atomic E-state index is 12.0. The van der Waals surface area contributed by atoms with Gasteiger partial charge in [-0.1, -0.05) is 0 Å². The molecule has 1 rings (SSSR count). The van der Waals surface area contributed by atoms with Crippen LogP contribution in [0.25, 0.3) is 0 Å². The van der Waals surface area contributed by atoms with Crippen LogP contribution in [0.2, 0.25) is 0 Å². The molecule has 0 amide bonds. The lowest BCUT2D eigenvalue weighted by Gasteiger charge is -2.38. The van der Waals surface area contributed by atoms with Crippen molar-refractivity contribution < 1.29 is 14.3 Å². The van der Waals surface area contributed by atoms with Crippen molar-refractivity contribution in [2.24, 2.45) is 0 Å². The first-order valence-corrected chi connectivity index (χ1v) is 6.10. The molecule has 0 aromatic heterocycles. The van der Waals surface area contributed by atoms with Crippen molar-refractivity contribution in [2.75, 3.05) is 40.9 Å². The smallest absolute Gasteiger partial charge is 0.326 e. The fraction of sp³-hybridized carbons (Fsp3) is 0.917. The summed E-state index contributed by atoms with van der Waals surface area (Å²) in [6, 6.07) is 0. The molecular weight excluding hydrogens is 220 g/mol. The van der Waals surface area contributed by atoms with Crippen molar-refractivity contribution in [1.29, 1.82) is 0 Å². The molecule has 0 aliphatic carbocycles. The molecule has 0 bridgehead atoms. The number of esters is 1. The van der Waals surface area contributed by atoms with Gasteiger partial charge >= 0.3 is 5.97 Å². The van der Waals surface area contributed by atoms with Crippen LogP contribution in [0.4, 0.5) is 0 Å². The molecule has 1 N–H and O–H groups in total. The normalized spacial score (nSPS) is 29.4. The number of carbonyl (C=O) groups is 1. The number of hydrogen-bond acceptors (Lipinski definition) is 5. The predicted molar refractivity (Wildman–Crippen MR) is 66.0 cm³/mol. The Morgan fingerprint density at radius 3 is 2.82 bits per heavy atom. The lowest BCUT2D eigenvalue weighted by atomic mass is 9.87. The van der Waals surface area contributed by atoms with Gasteiger partial charge in [0.15, 0.2) is 0 Å². The molecule has 5 heteroatoms. The van der Waals surface area contributed by atoms with Gasteiger partial charge in [-0.25, -0.2) is 0 Å². The number of nitrogens with one attached hydrogen (secondary N) is 1. The zero-order valence-corrected chi connectivity index (χ0v) is 11.3. The van der Waals surface area contributed by atoms with Crippen LogP contribution in [0, 0.1) is 0 Å². The van der Waals surface area contributed by atoms with Crippen molar-refractivity contribution in [3.63, 3.8) is 0 Å². The largest absolute Gasteiger partial charge is 0.468 e. The number of ether oxygens (including phenoxy) is 2. The molecule has 1 aliphatic heterocycles. The Hall–Kier alpha value is -0.650. The summed E-state index contributed by atoms with van der Waals surface area (Å²) in [6.45, 7) is 4.26. The third kappa shape index (κ3) is 3.94. The minimum Gasteiger partial charge on any atom is -0.468 e. The van der Waals surface area contributed by atoms with E-state index in [1.807, 2.05) is 21.0 Å². The molecule has 1 aliphatic rings. The highest BCUT2D eigenvalue weighted by molar-refractivity contribution is 5.81. The summed E-state index contributed by atoms with van der Waals surface area (Å²) in [5.41, 5.74) is -0.567. The van der Waals surface area contributed by atoms with Crippen molar-refractivity contribution >= 4 is 5.97 Å². The number of carbonyl (C=O) groups excluding carboxylic acids is 1. The maximum Gasteiger partial charge on any atom is 0.326 e. The second-order valence-electron chi connectivity index (χ2n) is 4.94. The third-order valence-electron chi connectivity index (χ3n) is 3.17. The standard InChI is InChI=1S/C12H24N2O3/c1-10-9-12(5-8-17-10,11(15)16-4)13-6-7-14(2)3/h10,13H,5-9H2,1-4H3. The molecule has 0 aromatic carbocycles. The van der Waals surface area contributed by atoms with Gasteiger partial charge in [0.05, 0.1) is 13.2 Å². The fourth-order valence-corrected chi connectivity index (χ4v) is 2.22. The summed E-state index contributed by atoms with van der Waals surface area (Å²) in [6.07, 6.45) is 1.44. The zero-order chi connectivity index (χ0) is 12.9. The van der Waals surface area contributed by atoms with E-state index in [4.69, 9.17) is 9.47 Å². The number of rotatable bonds is 5. The molecule has 0 saturated carbocycles. The lowest BCUT2D eigenvalue weighted by Crippen LogP contribution is -2.58. The van der Waals surface area contributed by atoms with E-state index in [2.05, 4.69) is 10.2 Å². The molecule has 0 radical (unpaired) electrons. The van der Waals surface area contributed by atoms with E-state index in [1.165, 1.54) is 7.11 Å². The van der Waals surface area contributed by atoms with E-state index in [1.54, 1.807) is 0 Å². The Bertz CT molecular complexity index is 258. The van der Waals surface area contributed by atoms with Crippen LogP contribution in [0.1, 0.15) is 19.8 Å². The molecule has 1 fully saturated rings. The van der Waals surface area contributed by atoms with Crippen molar-refractivity contribution in [2.45, 2.75) is 31.4 Å². The number of hydrogen-bond donors (Lipinski definition) is 1. The number of methoxy groups -OCH3 is 1. The van der Waals surface area contributed by atoms with Gasteiger partial charge in [-0.2, -0.15) is 0 Å². The van der Waals surface area contributed by atoms with E-state index >= 15 is 0 Å². The fourth-order valence-electron chi connectivity index (χ4n) is 2.22. The first kappa shape index (κ1) is 14.4. The van der Waals surface area contributed by atoms with Crippen LogP contribution in [-0.2, 0) is 14.3 Å². The predicted octanol–water partition coefficient (Wildman–Crippen LogP) is 0.248. The zero-order valence-electron chi connectivity index (χ0n) is 11.3. The van der Waals surface area contributed by atoms with Crippen LogP contribution >= 0.6 is 0 Å². The SMILES string of the molecule is COC(=O)C1(NCCN(C)C)CCOC(C)C1. The van der Waals surface area contributed by atoms with Gasteiger partial charge in [0.25, 0.3) is 0 Å². The average Bonchev–Trinajstić information content (AvgIpc) is 2.27. The Balaban J connectivity index is 2.62. The first-order valence-electron chi connectivity index (χ1n) is 6.10. The van der Waals surface area contributed by atoms with E-state index in [9.17, 15) is 4.79 Å². The Labute approximate surface area is 103 Å². The van der Waals surface area contributed by atoms with E-state index < -0.39 is 5.54 Å². The maximum absolute atomic E-state index is 12.0. The topological polar surface area (TPSA) is 50.8 Å². The Morgan fingerprint density at radius 1 is 1.59 bits per heavy atom. The number of nitrogens with zero attached hydrogens (tertiary/aromatic N) is 1. The monoisotopic (exact) mass is 244 g/mol. The summed E-state index contributed by atoms with van der Waals surface area (Å²) < 4.78 is 10.4. The molecule has 0 aromatic rings. The lowest BCUT2D eigenvalue weighted by molar-refractivity contribution is -0.155. The molecule has 2 unspecified atom stereocenters. The summed E-state index contributed by atoms with van der Waals surface area (Å²) >= 11 is 0. The van der Waals surface area contributed by atoms with Crippen LogP contribution in [0.15, 0.2) is 0 Å². The van der Waals surface area contributed by atoms with Gasteiger partial charge in [0.1, 0.15) is 5.54 Å². The third-order valence-corrected chi connectivity index (χ3v) is 3.17. The second-order valence-corrected chi connectivity index (χ2v) is 4.94. The minimum absolute atomic E-state index is 0.0923. The van der Waals surface area contributed by atoms with Crippen LogP contribution in [0.3, 0.4) is 0 Å². The molecule has 1 saturated heterocycles. The van der Waals surface area contributed by atoms with Crippen LogP contribution < -0.4 is 5.32 Å². The molecule has 5 nitrogen and oxygen atoms in total. The molecule has 2 atom stereocenters. The van der Waals surface area contributed by atoms with Gasteiger partial charge in [0, 0.05) is 26.1 Å². The van der Waals surface area contributed by atoms with Crippen LogP contribution in [0.5, 0.6) is 0 Å².